The van der Waals surface area contributed by atoms with Gasteiger partial charge in [-0.05, 0) is 12.0 Å². The third kappa shape index (κ3) is 4.49. The molecule has 0 amide bonds. The van der Waals surface area contributed by atoms with Gasteiger partial charge in [-0.15, -0.1) is 0 Å². The molecule has 0 radical (unpaired) electrons. The first-order valence-electron chi connectivity index (χ1n) is 6.67. The molecule has 2 heteroatoms. The highest BCUT2D eigenvalue weighted by Crippen LogP contribution is 2.27. The van der Waals surface area contributed by atoms with Gasteiger partial charge in [0, 0.05) is 0 Å². The molecule has 0 saturated carbocycles. The molecule has 1 fully saturated rings. The second-order valence-electron chi connectivity index (χ2n) is 4.71. The van der Waals surface area contributed by atoms with Gasteiger partial charge in [0.1, 0.15) is 6.10 Å². The summed E-state index contributed by atoms with van der Waals surface area (Å²) in [7, 11) is 0. The van der Waals surface area contributed by atoms with Crippen molar-refractivity contribution in [3.8, 4) is 0 Å². The zero-order valence-electron chi connectivity index (χ0n) is 10.6. The number of epoxide rings is 1. The Hall–Kier alpha value is -0.860. The van der Waals surface area contributed by atoms with Crippen molar-refractivity contribution in [2.75, 3.05) is 6.61 Å². The van der Waals surface area contributed by atoms with Crippen LogP contribution in [0.2, 0.25) is 0 Å². The Morgan fingerprint density at radius 1 is 1.12 bits per heavy atom. The van der Waals surface area contributed by atoms with E-state index < -0.39 is 0 Å². The Morgan fingerprint density at radius 2 is 1.94 bits per heavy atom. The first-order chi connectivity index (χ1) is 8.40. The highest BCUT2D eigenvalue weighted by Gasteiger charge is 2.37. The van der Waals surface area contributed by atoms with Crippen molar-refractivity contribution in [3.05, 3.63) is 35.9 Å². The lowest BCUT2D eigenvalue weighted by atomic mass is 10.1. The van der Waals surface area contributed by atoms with Gasteiger partial charge in [-0.1, -0.05) is 56.5 Å². The number of hydrogen-bond donors (Lipinski definition) is 0. The summed E-state index contributed by atoms with van der Waals surface area (Å²) in [5, 5.41) is 0. The maximum Gasteiger partial charge on any atom is 0.107 e. The molecule has 0 bridgehead atoms. The molecule has 2 atom stereocenters. The zero-order chi connectivity index (χ0) is 11.9. The lowest BCUT2D eigenvalue weighted by Crippen LogP contribution is -2.05. The lowest BCUT2D eigenvalue weighted by Gasteiger charge is -2.01. The molecule has 1 aromatic rings. The maximum absolute atomic E-state index is 5.66. The Bertz CT molecular complexity index is 310. The Labute approximate surface area is 104 Å². The van der Waals surface area contributed by atoms with Gasteiger partial charge in [-0.2, -0.15) is 0 Å². The molecule has 1 aromatic carbocycles. The van der Waals surface area contributed by atoms with Gasteiger partial charge in [0.25, 0.3) is 0 Å². The lowest BCUT2D eigenvalue weighted by molar-refractivity contribution is 0.104. The second-order valence-corrected chi connectivity index (χ2v) is 4.71. The van der Waals surface area contributed by atoms with Crippen LogP contribution in [0, 0.1) is 0 Å². The molecule has 0 aromatic heterocycles. The summed E-state index contributed by atoms with van der Waals surface area (Å²) in [4.78, 5) is 0. The minimum absolute atomic E-state index is 0.357. The van der Waals surface area contributed by atoms with E-state index in [1.165, 1.54) is 31.2 Å². The quantitative estimate of drug-likeness (QED) is 0.507. The molecular weight excluding hydrogens is 212 g/mol. The highest BCUT2D eigenvalue weighted by atomic mass is 16.6. The third-order valence-electron chi connectivity index (χ3n) is 3.17. The molecule has 1 heterocycles. The molecule has 0 spiro atoms. The Balaban J connectivity index is 1.53. The van der Waals surface area contributed by atoms with Gasteiger partial charge in [0.15, 0.2) is 0 Å². The van der Waals surface area contributed by atoms with Crippen LogP contribution in [0.1, 0.15) is 38.2 Å². The molecule has 94 valence electrons. The fourth-order valence-corrected chi connectivity index (χ4v) is 2.04. The van der Waals surface area contributed by atoms with E-state index in [0.29, 0.717) is 18.8 Å². The van der Waals surface area contributed by atoms with Crippen molar-refractivity contribution in [1.82, 2.24) is 0 Å². The van der Waals surface area contributed by atoms with Gasteiger partial charge in [-0.3, -0.25) is 0 Å². The minimum atomic E-state index is 0.357. The van der Waals surface area contributed by atoms with Crippen LogP contribution >= 0.6 is 0 Å². The van der Waals surface area contributed by atoms with Gasteiger partial charge < -0.3 is 9.47 Å². The van der Waals surface area contributed by atoms with E-state index in [-0.39, 0.29) is 0 Å². The van der Waals surface area contributed by atoms with E-state index in [0.717, 1.165) is 6.61 Å². The average Bonchev–Trinajstić information content (AvgIpc) is 3.10. The van der Waals surface area contributed by atoms with Crippen molar-refractivity contribution in [1.29, 1.82) is 0 Å². The Morgan fingerprint density at radius 3 is 2.71 bits per heavy atom. The second kappa shape index (κ2) is 6.77. The van der Waals surface area contributed by atoms with Crippen LogP contribution in [0.15, 0.2) is 30.3 Å². The molecule has 0 N–H and O–H groups in total. The topological polar surface area (TPSA) is 21.8 Å². The minimum Gasteiger partial charge on any atom is -0.374 e. The van der Waals surface area contributed by atoms with Crippen molar-refractivity contribution in [3.63, 3.8) is 0 Å². The van der Waals surface area contributed by atoms with Crippen LogP contribution in [0.4, 0.5) is 0 Å². The first kappa shape index (κ1) is 12.6. The molecule has 0 aliphatic carbocycles. The van der Waals surface area contributed by atoms with Crippen LogP contribution in [-0.2, 0) is 16.1 Å². The molecular formula is C15H22O2. The van der Waals surface area contributed by atoms with Crippen LogP contribution < -0.4 is 0 Å². The van der Waals surface area contributed by atoms with Crippen molar-refractivity contribution < 1.29 is 9.47 Å². The fourth-order valence-electron chi connectivity index (χ4n) is 2.04. The predicted molar refractivity (Wildman–Crippen MR) is 68.9 cm³/mol. The van der Waals surface area contributed by atoms with E-state index in [4.69, 9.17) is 9.47 Å². The zero-order valence-corrected chi connectivity index (χ0v) is 10.6. The van der Waals surface area contributed by atoms with Crippen molar-refractivity contribution in [2.45, 2.75) is 51.4 Å². The van der Waals surface area contributed by atoms with E-state index in [9.17, 15) is 0 Å². The molecule has 17 heavy (non-hydrogen) atoms. The summed E-state index contributed by atoms with van der Waals surface area (Å²) in [5.41, 5.74) is 1.23. The summed E-state index contributed by atoms with van der Waals surface area (Å²) in [6.45, 7) is 3.67. The average molecular weight is 234 g/mol. The molecule has 1 aliphatic heterocycles. The van der Waals surface area contributed by atoms with E-state index in [1.54, 1.807) is 0 Å². The standard InChI is InChI=1S/C15H22O2/c1-2-3-5-10-14-15(17-14)12-16-11-13-8-6-4-7-9-13/h4,6-9,14-15H,2-3,5,10-12H2,1H3/t14-,15+/m0/s1. The number of ether oxygens (including phenoxy) is 2. The van der Waals surface area contributed by atoms with Crippen LogP contribution in [0.3, 0.4) is 0 Å². The highest BCUT2D eigenvalue weighted by molar-refractivity contribution is 5.13. The number of unbranched alkanes of at least 4 members (excludes halogenated alkanes) is 2. The number of benzene rings is 1. The smallest absolute Gasteiger partial charge is 0.107 e. The molecule has 1 saturated heterocycles. The van der Waals surface area contributed by atoms with Crippen molar-refractivity contribution in [2.24, 2.45) is 0 Å². The summed E-state index contributed by atoms with van der Waals surface area (Å²) >= 11 is 0. The van der Waals surface area contributed by atoms with Crippen LogP contribution in [-0.4, -0.2) is 18.8 Å². The predicted octanol–water partition coefficient (Wildman–Crippen LogP) is 3.55. The van der Waals surface area contributed by atoms with Gasteiger partial charge in [0.05, 0.1) is 19.3 Å². The van der Waals surface area contributed by atoms with Gasteiger partial charge >= 0.3 is 0 Å². The molecule has 0 unspecified atom stereocenters. The summed E-state index contributed by atoms with van der Waals surface area (Å²) in [6, 6.07) is 10.3. The fraction of sp³-hybridized carbons (Fsp3) is 0.600. The van der Waals surface area contributed by atoms with Gasteiger partial charge in [-0.25, -0.2) is 0 Å². The number of rotatable bonds is 8. The normalized spacial score (nSPS) is 22.6. The first-order valence-corrected chi connectivity index (χ1v) is 6.67. The Kier molecular flexibility index (Phi) is 5.02. The number of hydrogen-bond acceptors (Lipinski definition) is 2. The largest absolute Gasteiger partial charge is 0.374 e. The molecule has 1 aliphatic rings. The molecule has 2 nitrogen and oxygen atoms in total. The van der Waals surface area contributed by atoms with Crippen LogP contribution in [0.5, 0.6) is 0 Å². The van der Waals surface area contributed by atoms with E-state index in [1.807, 2.05) is 18.2 Å². The van der Waals surface area contributed by atoms with Crippen LogP contribution in [0.25, 0.3) is 0 Å². The summed E-state index contributed by atoms with van der Waals surface area (Å²) in [6.07, 6.45) is 5.91. The SMILES string of the molecule is CCCCC[C@@H]1O[C@@H]1COCc1ccccc1. The monoisotopic (exact) mass is 234 g/mol. The summed E-state index contributed by atoms with van der Waals surface area (Å²) < 4.78 is 11.2. The third-order valence-corrected chi connectivity index (χ3v) is 3.17. The van der Waals surface area contributed by atoms with E-state index >= 15 is 0 Å². The van der Waals surface area contributed by atoms with Gasteiger partial charge in [0.2, 0.25) is 0 Å². The van der Waals surface area contributed by atoms with E-state index in [2.05, 4.69) is 19.1 Å². The molecule has 2 rings (SSSR count). The maximum atomic E-state index is 5.66. The summed E-state index contributed by atoms with van der Waals surface area (Å²) in [5.74, 6) is 0. The van der Waals surface area contributed by atoms with Crippen molar-refractivity contribution >= 4 is 0 Å².